The van der Waals surface area contributed by atoms with Crippen LogP contribution in [0.4, 0.5) is 0 Å². The van der Waals surface area contributed by atoms with Crippen molar-refractivity contribution in [2.24, 2.45) is 0 Å². The molecule has 0 aromatic heterocycles. The minimum absolute atomic E-state index is 0.0600. The quantitative estimate of drug-likeness (QED) is 0.866. The highest BCUT2D eigenvalue weighted by Crippen LogP contribution is 2.23. The summed E-state index contributed by atoms with van der Waals surface area (Å²) >= 11 is 0. The Labute approximate surface area is 126 Å². The van der Waals surface area contributed by atoms with Gasteiger partial charge in [0, 0.05) is 6.54 Å². The molecule has 1 fully saturated rings. The fraction of sp³-hybridized carbons (Fsp3) is 0.588. The zero-order valence-corrected chi connectivity index (χ0v) is 13.1. The maximum atomic E-state index is 12.3. The Hall–Kier alpha value is -1.39. The molecule has 0 radical (unpaired) electrons. The molecule has 1 aromatic carbocycles. The van der Waals surface area contributed by atoms with E-state index in [2.05, 4.69) is 4.90 Å². The second-order valence-electron chi connectivity index (χ2n) is 6.64. The minimum Gasteiger partial charge on any atom is -0.459 e. The van der Waals surface area contributed by atoms with Gasteiger partial charge < -0.3 is 9.84 Å². The molecule has 2 rings (SSSR count). The number of ether oxygens (including phenoxy) is 1. The largest absolute Gasteiger partial charge is 0.459 e. The smallest absolute Gasteiger partial charge is 0.323 e. The van der Waals surface area contributed by atoms with E-state index in [-0.39, 0.29) is 18.6 Å². The molecule has 1 aromatic rings. The summed E-state index contributed by atoms with van der Waals surface area (Å²) in [4.78, 5) is 14.4. The van der Waals surface area contributed by atoms with Crippen LogP contribution in [0.25, 0.3) is 0 Å². The van der Waals surface area contributed by atoms with Gasteiger partial charge in [-0.2, -0.15) is 0 Å². The van der Waals surface area contributed by atoms with Crippen molar-refractivity contribution in [3.05, 3.63) is 35.4 Å². The summed E-state index contributed by atoms with van der Waals surface area (Å²) < 4.78 is 5.51. The van der Waals surface area contributed by atoms with Crippen molar-refractivity contribution in [2.75, 3.05) is 6.54 Å². The first-order chi connectivity index (χ1) is 9.89. The highest BCUT2D eigenvalue weighted by atomic mass is 16.6. The number of carbonyl (C=O) groups is 1. The van der Waals surface area contributed by atoms with E-state index in [0.29, 0.717) is 0 Å². The van der Waals surface area contributed by atoms with Crippen LogP contribution < -0.4 is 0 Å². The van der Waals surface area contributed by atoms with E-state index in [1.807, 2.05) is 45.0 Å². The molecule has 1 heterocycles. The lowest BCUT2D eigenvalue weighted by atomic mass is 10.1. The van der Waals surface area contributed by atoms with Crippen LogP contribution in [0.5, 0.6) is 0 Å². The third kappa shape index (κ3) is 4.55. The van der Waals surface area contributed by atoms with Gasteiger partial charge in [0.25, 0.3) is 0 Å². The van der Waals surface area contributed by atoms with Gasteiger partial charge in [0.1, 0.15) is 11.6 Å². The number of hydrogen-bond donors (Lipinski definition) is 1. The van der Waals surface area contributed by atoms with Crippen molar-refractivity contribution < 1.29 is 14.6 Å². The van der Waals surface area contributed by atoms with Crippen molar-refractivity contribution in [1.29, 1.82) is 0 Å². The summed E-state index contributed by atoms with van der Waals surface area (Å²) in [6, 6.07) is 7.73. The number of likely N-dealkylation sites (tertiary alicyclic amines) is 1. The van der Waals surface area contributed by atoms with Crippen molar-refractivity contribution >= 4 is 5.97 Å². The normalized spacial score (nSPS) is 19.7. The number of carbonyl (C=O) groups excluding carboxylic acids is 1. The van der Waals surface area contributed by atoms with Gasteiger partial charge in [0.05, 0.1) is 6.61 Å². The van der Waals surface area contributed by atoms with Crippen LogP contribution >= 0.6 is 0 Å². The molecule has 0 amide bonds. The Morgan fingerprint density at radius 2 is 1.90 bits per heavy atom. The molecule has 0 aliphatic carbocycles. The van der Waals surface area contributed by atoms with E-state index < -0.39 is 5.60 Å². The first kappa shape index (κ1) is 16.0. The number of hydrogen-bond acceptors (Lipinski definition) is 4. The molecule has 1 aliphatic rings. The van der Waals surface area contributed by atoms with Crippen molar-refractivity contribution in [1.82, 2.24) is 4.90 Å². The molecule has 0 spiro atoms. The number of esters is 1. The molecule has 4 nitrogen and oxygen atoms in total. The second-order valence-corrected chi connectivity index (χ2v) is 6.64. The topological polar surface area (TPSA) is 49.8 Å². The number of benzene rings is 1. The van der Waals surface area contributed by atoms with Gasteiger partial charge in [-0.3, -0.25) is 9.69 Å². The average Bonchev–Trinajstić information content (AvgIpc) is 2.86. The lowest BCUT2D eigenvalue weighted by Gasteiger charge is -2.27. The molecule has 1 N–H and O–H groups in total. The number of aliphatic hydroxyl groups is 1. The first-order valence-electron chi connectivity index (χ1n) is 7.54. The summed E-state index contributed by atoms with van der Waals surface area (Å²) in [6.45, 7) is 7.43. The van der Waals surface area contributed by atoms with Crippen LogP contribution in [0.15, 0.2) is 24.3 Å². The van der Waals surface area contributed by atoms with Crippen molar-refractivity contribution in [3.8, 4) is 0 Å². The molecule has 4 heteroatoms. The summed E-state index contributed by atoms with van der Waals surface area (Å²) in [5, 5.41) is 9.06. The molecule has 0 saturated carbocycles. The van der Waals surface area contributed by atoms with Crippen LogP contribution in [-0.2, 0) is 22.7 Å². The molecule has 0 unspecified atom stereocenters. The Morgan fingerprint density at radius 1 is 1.29 bits per heavy atom. The zero-order valence-electron chi connectivity index (χ0n) is 13.1. The van der Waals surface area contributed by atoms with Gasteiger partial charge in [-0.25, -0.2) is 0 Å². The van der Waals surface area contributed by atoms with E-state index in [1.165, 1.54) is 0 Å². The highest BCUT2D eigenvalue weighted by molar-refractivity contribution is 5.76. The van der Waals surface area contributed by atoms with Gasteiger partial charge >= 0.3 is 5.97 Å². The standard InChI is InChI=1S/C17H25NO3/c1-17(2,3)21-16(20)15-5-4-10-18(15)11-13-6-8-14(12-19)9-7-13/h6-9,15,19H,4-5,10-12H2,1-3H3/t15-/m1/s1. The molecule has 1 saturated heterocycles. The third-order valence-corrected chi connectivity index (χ3v) is 3.63. The molecular formula is C17H25NO3. The Balaban J connectivity index is 1.99. The predicted molar refractivity (Wildman–Crippen MR) is 81.6 cm³/mol. The zero-order chi connectivity index (χ0) is 15.5. The van der Waals surface area contributed by atoms with Crippen LogP contribution in [-0.4, -0.2) is 34.2 Å². The molecule has 116 valence electrons. The fourth-order valence-electron chi connectivity index (χ4n) is 2.64. The second kappa shape index (κ2) is 6.58. The van der Waals surface area contributed by atoms with Gasteiger partial charge in [-0.15, -0.1) is 0 Å². The molecule has 1 aliphatic heterocycles. The van der Waals surface area contributed by atoms with Crippen LogP contribution in [0.1, 0.15) is 44.7 Å². The van der Waals surface area contributed by atoms with Crippen molar-refractivity contribution in [2.45, 2.75) is 58.4 Å². The Kier molecular flexibility index (Phi) is 5.01. The summed E-state index contributed by atoms with van der Waals surface area (Å²) in [5.74, 6) is -0.119. The Bertz CT molecular complexity index is 476. The van der Waals surface area contributed by atoms with Gasteiger partial charge in [-0.1, -0.05) is 24.3 Å². The maximum absolute atomic E-state index is 12.3. The Morgan fingerprint density at radius 3 is 2.48 bits per heavy atom. The lowest BCUT2D eigenvalue weighted by molar-refractivity contribution is -0.160. The van der Waals surface area contributed by atoms with Gasteiger partial charge in [0.15, 0.2) is 0 Å². The van der Waals surface area contributed by atoms with E-state index in [9.17, 15) is 4.79 Å². The molecule has 21 heavy (non-hydrogen) atoms. The van der Waals surface area contributed by atoms with Crippen LogP contribution in [0.3, 0.4) is 0 Å². The lowest BCUT2D eigenvalue weighted by Crippen LogP contribution is -2.40. The van der Waals surface area contributed by atoms with Crippen molar-refractivity contribution in [3.63, 3.8) is 0 Å². The van der Waals surface area contributed by atoms with E-state index in [0.717, 1.165) is 37.1 Å². The first-order valence-corrected chi connectivity index (χ1v) is 7.54. The number of nitrogens with zero attached hydrogens (tertiary/aromatic N) is 1. The minimum atomic E-state index is -0.436. The monoisotopic (exact) mass is 291 g/mol. The molecule has 1 atom stereocenters. The molecular weight excluding hydrogens is 266 g/mol. The van der Waals surface area contributed by atoms with E-state index in [1.54, 1.807) is 0 Å². The average molecular weight is 291 g/mol. The van der Waals surface area contributed by atoms with E-state index in [4.69, 9.17) is 9.84 Å². The number of rotatable bonds is 4. The SMILES string of the molecule is CC(C)(C)OC(=O)[C@H]1CCCN1Cc1ccc(CO)cc1. The van der Waals surface area contributed by atoms with Crippen LogP contribution in [0, 0.1) is 0 Å². The highest BCUT2D eigenvalue weighted by Gasteiger charge is 2.33. The van der Waals surface area contributed by atoms with Gasteiger partial charge in [-0.05, 0) is 51.3 Å². The third-order valence-electron chi connectivity index (χ3n) is 3.63. The summed E-state index contributed by atoms with van der Waals surface area (Å²) in [7, 11) is 0. The fourth-order valence-corrected chi connectivity index (χ4v) is 2.64. The summed E-state index contributed by atoms with van der Waals surface area (Å²) in [5.41, 5.74) is 1.63. The van der Waals surface area contributed by atoms with E-state index >= 15 is 0 Å². The molecule has 0 bridgehead atoms. The maximum Gasteiger partial charge on any atom is 0.323 e. The van der Waals surface area contributed by atoms with Gasteiger partial charge in [0.2, 0.25) is 0 Å². The van der Waals surface area contributed by atoms with Crippen LogP contribution in [0.2, 0.25) is 0 Å². The summed E-state index contributed by atoms with van der Waals surface area (Å²) in [6.07, 6.45) is 1.89. The predicted octanol–water partition coefficient (Wildman–Crippen LogP) is 2.49. The number of aliphatic hydroxyl groups excluding tert-OH is 1.